The van der Waals surface area contributed by atoms with Crippen molar-refractivity contribution < 1.29 is 22.0 Å². The van der Waals surface area contributed by atoms with Gasteiger partial charge in [0.2, 0.25) is 5.91 Å². The second-order valence-corrected chi connectivity index (χ2v) is 11.5. The fourth-order valence-corrected chi connectivity index (χ4v) is 5.45. The van der Waals surface area contributed by atoms with Crippen molar-refractivity contribution >= 4 is 26.8 Å². The van der Waals surface area contributed by atoms with Crippen LogP contribution >= 0.6 is 0 Å². The monoisotopic (exact) mass is 580 g/mol. The molecule has 0 aliphatic heterocycles. The van der Waals surface area contributed by atoms with Crippen LogP contribution in [-0.4, -0.2) is 61.7 Å². The number of sulfonamides is 1. The Bertz CT molecular complexity index is 1770. The highest BCUT2D eigenvalue weighted by molar-refractivity contribution is 7.89. The maximum atomic E-state index is 14.1. The molecule has 1 amide bonds. The number of nitrogens with one attached hydrogen (secondary N) is 2. The minimum Gasteiger partial charge on any atom is -0.348 e. The number of rotatable bonds is 8. The molecule has 0 spiro atoms. The maximum Gasteiger partial charge on any atom is 0.260 e. The zero-order chi connectivity index (χ0) is 29.9. The summed E-state index contributed by atoms with van der Waals surface area (Å²) < 4.78 is 57.3. The summed E-state index contributed by atoms with van der Waals surface area (Å²) in [6.07, 6.45) is 0.0313. The summed E-state index contributed by atoms with van der Waals surface area (Å²) in [5.41, 5.74) is 2.84. The van der Waals surface area contributed by atoms with Crippen molar-refractivity contribution in [2.75, 3.05) is 27.7 Å². The van der Waals surface area contributed by atoms with E-state index in [-0.39, 0.29) is 17.4 Å². The quantitative estimate of drug-likeness (QED) is 0.310. The zero-order valence-corrected chi connectivity index (χ0v) is 24.1. The van der Waals surface area contributed by atoms with Crippen molar-refractivity contribution in [3.63, 3.8) is 0 Å². The predicted molar refractivity (Wildman–Crippen MR) is 152 cm³/mol. The number of amides is 1. The number of benzene rings is 2. The van der Waals surface area contributed by atoms with Gasteiger partial charge in [-0.25, -0.2) is 26.9 Å². The van der Waals surface area contributed by atoms with Gasteiger partial charge in [-0.1, -0.05) is 18.1 Å². The molecule has 0 saturated carbocycles. The first kappa shape index (κ1) is 29.8. The van der Waals surface area contributed by atoms with Crippen molar-refractivity contribution in [3.05, 3.63) is 77.1 Å². The van der Waals surface area contributed by atoms with Crippen LogP contribution in [0, 0.1) is 23.5 Å². The van der Waals surface area contributed by atoms with Gasteiger partial charge in [0.15, 0.2) is 5.03 Å². The lowest BCUT2D eigenvalue weighted by Crippen LogP contribution is -2.29. The van der Waals surface area contributed by atoms with E-state index in [1.54, 1.807) is 37.4 Å². The molecule has 41 heavy (non-hydrogen) atoms. The van der Waals surface area contributed by atoms with Crippen LogP contribution in [0.3, 0.4) is 0 Å². The Kier molecular flexibility index (Phi) is 8.82. The highest BCUT2D eigenvalue weighted by Gasteiger charge is 2.26. The smallest absolute Gasteiger partial charge is 0.260 e. The molecule has 2 aromatic heterocycles. The van der Waals surface area contributed by atoms with E-state index in [4.69, 9.17) is 4.98 Å². The standard InChI is InChI=1S/C29H30F2N6O3S/c1-18(38)33-26(16-19-14-20(30)17-21(31)15-19)27-23(12-11-22(34-27)8-7-13-36(3)4)24-9-6-10-25-28(24)37(5)35-29(25)41(39,40)32-2/h6,9-12,14-15,17,26,32H,13,16H2,1-5H3,(H,33,38)/t26-/m0/s1. The highest BCUT2D eigenvalue weighted by Crippen LogP contribution is 2.36. The zero-order valence-electron chi connectivity index (χ0n) is 23.3. The largest absolute Gasteiger partial charge is 0.348 e. The number of nitrogens with zero attached hydrogens (tertiary/aromatic N) is 4. The van der Waals surface area contributed by atoms with E-state index >= 15 is 0 Å². The van der Waals surface area contributed by atoms with Crippen LogP contribution in [0.5, 0.6) is 0 Å². The number of hydrogen-bond donors (Lipinski definition) is 2. The number of hydrogen-bond acceptors (Lipinski definition) is 6. The summed E-state index contributed by atoms with van der Waals surface area (Å²) in [5.74, 6) is 4.21. The Labute approximate surface area is 237 Å². The molecule has 4 aromatic rings. The van der Waals surface area contributed by atoms with Gasteiger partial charge in [-0.05, 0) is 69.4 Å². The fraction of sp³-hybridized carbons (Fsp3) is 0.276. The van der Waals surface area contributed by atoms with Gasteiger partial charge in [-0.3, -0.25) is 14.4 Å². The van der Waals surface area contributed by atoms with Gasteiger partial charge in [0.05, 0.1) is 23.8 Å². The van der Waals surface area contributed by atoms with Crippen LogP contribution in [0.2, 0.25) is 0 Å². The van der Waals surface area contributed by atoms with Gasteiger partial charge in [0.25, 0.3) is 10.0 Å². The molecule has 0 fully saturated rings. The molecule has 12 heteroatoms. The number of aryl methyl sites for hydroxylation is 1. The third-order valence-corrected chi connectivity index (χ3v) is 7.60. The second kappa shape index (κ2) is 12.1. The van der Waals surface area contributed by atoms with Crippen LogP contribution in [0.15, 0.2) is 53.6 Å². The topological polar surface area (TPSA) is 109 Å². The van der Waals surface area contributed by atoms with E-state index in [0.29, 0.717) is 45.5 Å². The lowest BCUT2D eigenvalue weighted by molar-refractivity contribution is -0.119. The normalized spacial score (nSPS) is 12.3. The fourth-order valence-electron chi connectivity index (χ4n) is 4.57. The number of carbonyl (C=O) groups excluding carboxylic acids is 1. The second-order valence-electron chi connectivity index (χ2n) is 9.74. The molecular weight excluding hydrogens is 550 g/mol. The summed E-state index contributed by atoms with van der Waals surface area (Å²) in [6, 6.07) is 11.1. The average Bonchev–Trinajstić information content (AvgIpc) is 3.25. The first-order chi connectivity index (χ1) is 19.4. The van der Waals surface area contributed by atoms with E-state index in [0.717, 1.165) is 6.07 Å². The van der Waals surface area contributed by atoms with E-state index < -0.39 is 27.7 Å². The Morgan fingerprint density at radius 3 is 2.44 bits per heavy atom. The van der Waals surface area contributed by atoms with Crippen molar-refractivity contribution in [3.8, 4) is 23.0 Å². The van der Waals surface area contributed by atoms with E-state index in [2.05, 4.69) is 27.0 Å². The first-order valence-corrected chi connectivity index (χ1v) is 14.1. The average molecular weight is 581 g/mol. The van der Waals surface area contributed by atoms with Crippen molar-refractivity contribution in [2.45, 2.75) is 24.4 Å². The molecule has 214 valence electrons. The predicted octanol–water partition coefficient (Wildman–Crippen LogP) is 3.15. The number of halogens is 2. The minimum atomic E-state index is -3.87. The van der Waals surface area contributed by atoms with Gasteiger partial charge in [0, 0.05) is 36.6 Å². The number of para-hydroxylation sites is 1. The molecule has 0 saturated heterocycles. The van der Waals surface area contributed by atoms with Crippen molar-refractivity contribution in [1.29, 1.82) is 0 Å². The molecule has 0 aliphatic rings. The first-order valence-electron chi connectivity index (χ1n) is 12.7. The van der Waals surface area contributed by atoms with Crippen molar-refractivity contribution in [2.24, 2.45) is 7.05 Å². The van der Waals surface area contributed by atoms with Crippen LogP contribution in [0.4, 0.5) is 8.78 Å². The van der Waals surface area contributed by atoms with Crippen LogP contribution < -0.4 is 10.0 Å². The van der Waals surface area contributed by atoms with E-state index in [9.17, 15) is 22.0 Å². The molecule has 2 heterocycles. The van der Waals surface area contributed by atoms with Gasteiger partial charge in [0.1, 0.15) is 17.3 Å². The summed E-state index contributed by atoms with van der Waals surface area (Å²) in [5, 5.41) is 7.40. The van der Waals surface area contributed by atoms with Crippen LogP contribution in [0.1, 0.15) is 29.9 Å². The number of aromatic nitrogens is 3. The molecule has 2 N–H and O–H groups in total. The van der Waals surface area contributed by atoms with Crippen LogP contribution in [-0.2, 0) is 28.3 Å². The summed E-state index contributed by atoms with van der Waals surface area (Å²) in [6.45, 7) is 1.84. The molecular formula is C29H30F2N6O3S. The molecule has 4 rings (SSSR count). The maximum absolute atomic E-state index is 14.1. The molecule has 0 aliphatic carbocycles. The summed E-state index contributed by atoms with van der Waals surface area (Å²) in [4.78, 5) is 19.0. The van der Waals surface area contributed by atoms with Gasteiger partial charge < -0.3 is 5.32 Å². The van der Waals surface area contributed by atoms with E-state index in [1.807, 2.05) is 19.0 Å². The Balaban J connectivity index is 1.97. The van der Waals surface area contributed by atoms with Gasteiger partial charge >= 0.3 is 0 Å². The molecule has 9 nitrogen and oxygen atoms in total. The summed E-state index contributed by atoms with van der Waals surface area (Å²) >= 11 is 0. The molecule has 0 radical (unpaired) electrons. The minimum absolute atomic E-state index is 0.0313. The molecule has 2 aromatic carbocycles. The lowest BCUT2D eigenvalue weighted by Gasteiger charge is -2.22. The molecule has 0 unspecified atom stereocenters. The third-order valence-electron chi connectivity index (χ3n) is 6.25. The SMILES string of the molecule is CNS(=O)(=O)c1nn(C)c2c(-c3ccc(C#CCN(C)C)nc3[C@H](Cc3cc(F)cc(F)c3)NC(C)=O)cccc12. The van der Waals surface area contributed by atoms with Crippen LogP contribution in [0.25, 0.3) is 22.0 Å². The molecule has 0 bridgehead atoms. The van der Waals surface area contributed by atoms with Crippen molar-refractivity contribution in [1.82, 2.24) is 29.7 Å². The lowest BCUT2D eigenvalue weighted by atomic mass is 9.94. The Morgan fingerprint density at radius 2 is 1.80 bits per heavy atom. The van der Waals surface area contributed by atoms with Gasteiger partial charge in [-0.15, -0.1) is 0 Å². The third kappa shape index (κ3) is 6.77. The Morgan fingerprint density at radius 1 is 1.10 bits per heavy atom. The highest BCUT2D eigenvalue weighted by atomic mass is 32.2. The number of pyridine rings is 1. The summed E-state index contributed by atoms with van der Waals surface area (Å²) in [7, 11) is 2.85. The van der Waals surface area contributed by atoms with Gasteiger partial charge in [-0.2, -0.15) is 5.10 Å². The van der Waals surface area contributed by atoms with E-state index in [1.165, 1.54) is 30.8 Å². The molecule has 1 atom stereocenters. The Hall–Kier alpha value is -4.18. The number of fused-ring (bicyclic) bond motifs is 1. The number of carbonyl (C=O) groups is 1.